The molecule has 0 bridgehead atoms. The summed E-state index contributed by atoms with van der Waals surface area (Å²) in [6, 6.07) is 0. The molecule has 0 rings (SSSR count). The molecule has 0 saturated carbocycles. The van der Waals surface area contributed by atoms with Gasteiger partial charge >= 0.3 is 17.9 Å². The first-order valence-electron chi connectivity index (χ1n) is 32.9. The lowest BCUT2D eigenvalue weighted by molar-refractivity contribution is -0.167. The van der Waals surface area contributed by atoms with Crippen LogP contribution in [0.25, 0.3) is 0 Å². The first-order chi connectivity index (χ1) is 41.0. The Bertz CT molecular complexity index is 1990. The lowest BCUT2D eigenvalue weighted by Gasteiger charge is -2.18. The number of ether oxygens (including phenoxy) is 3. The second-order valence-electron chi connectivity index (χ2n) is 20.9. The predicted molar refractivity (Wildman–Crippen MR) is 361 cm³/mol. The molecule has 6 heteroatoms. The van der Waals surface area contributed by atoms with E-state index in [1.807, 2.05) is 0 Å². The van der Waals surface area contributed by atoms with E-state index < -0.39 is 6.10 Å². The lowest BCUT2D eigenvalue weighted by Crippen LogP contribution is -2.30. The zero-order chi connectivity index (χ0) is 59.9. The van der Waals surface area contributed by atoms with Crippen molar-refractivity contribution in [1.82, 2.24) is 0 Å². The van der Waals surface area contributed by atoms with Gasteiger partial charge in [0.1, 0.15) is 13.2 Å². The molecule has 0 aromatic carbocycles. The van der Waals surface area contributed by atoms with E-state index in [0.29, 0.717) is 12.8 Å². The van der Waals surface area contributed by atoms with Crippen molar-refractivity contribution < 1.29 is 28.6 Å². The molecule has 0 saturated heterocycles. The highest BCUT2D eigenvalue weighted by atomic mass is 16.6. The van der Waals surface area contributed by atoms with E-state index in [0.717, 1.165) is 186 Å². The topological polar surface area (TPSA) is 78.9 Å². The van der Waals surface area contributed by atoms with Crippen LogP contribution in [0.2, 0.25) is 0 Å². The first kappa shape index (κ1) is 77.2. The molecule has 0 radical (unpaired) electrons. The van der Waals surface area contributed by atoms with Crippen LogP contribution in [-0.2, 0) is 28.6 Å². The standard InChI is InChI=1S/C77H118O6/c1-4-7-10-13-16-18-20-22-24-26-28-30-32-34-36-37-38-39-41-42-44-46-48-50-52-54-56-58-61-64-67-70-76(79)82-73-74(72-81-75(78)69-66-63-60-15-12-9-6-3)83-77(80)71-68-65-62-59-57-55-53-51-49-47-45-43-40-35-33-31-29-27-25-23-21-19-17-14-11-8-5-2/h7-8,10-11,16-19,22-25,28-31,34-36,38-40,42,44-45,47-48,50-51,53-54,56,74H,4-6,9,12-15,20-21,26-27,32-33,37,41,43,46,49,52,55,57-73H2,1-3H3/b10-7-,11-8-,18-16-,19-17-,24-22-,25-23-,30-28-,31-29-,36-34-,39-38-,40-35-,44-42-,47-45-,50-48-,53-51-,56-54-. The van der Waals surface area contributed by atoms with Crippen LogP contribution in [0.3, 0.4) is 0 Å². The normalized spacial score (nSPS) is 13.4. The van der Waals surface area contributed by atoms with Crippen molar-refractivity contribution in [2.75, 3.05) is 13.2 Å². The van der Waals surface area contributed by atoms with Gasteiger partial charge in [0.05, 0.1) is 0 Å². The van der Waals surface area contributed by atoms with Gasteiger partial charge in [-0.05, 0) is 148 Å². The van der Waals surface area contributed by atoms with E-state index in [9.17, 15) is 14.4 Å². The van der Waals surface area contributed by atoms with Crippen LogP contribution < -0.4 is 0 Å². The van der Waals surface area contributed by atoms with Crippen LogP contribution in [0.1, 0.15) is 252 Å². The van der Waals surface area contributed by atoms with Crippen LogP contribution in [0.15, 0.2) is 194 Å². The number of hydrogen-bond donors (Lipinski definition) is 0. The minimum absolute atomic E-state index is 0.106. The number of carbonyl (C=O) groups is 3. The SMILES string of the molecule is CC/C=C\C/C=C\C/C=C\C/C=C\C/C=C\C/C=C\C/C=C\C/C=C\C/C=C\CCCCCC(=O)OCC(COC(=O)CCCCCCCCC)OC(=O)CCCCCCC/C=C\C/C=C\C/C=C\C/C=C\C/C=C\C/C=C\C/C=C\CC. The summed E-state index contributed by atoms with van der Waals surface area (Å²) in [4.78, 5) is 38.1. The summed E-state index contributed by atoms with van der Waals surface area (Å²) in [5.41, 5.74) is 0. The quantitative estimate of drug-likeness (QED) is 0.0261. The van der Waals surface area contributed by atoms with Crippen LogP contribution >= 0.6 is 0 Å². The van der Waals surface area contributed by atoms with Gasteiger partial charge in [0.2, 0.25) is 0 Å². The molecule has 0 amide bonds. The molecule has 0 aliphatic carbocycles. The second kappa shape index (κ2) is 68.7. The Morgan fingerprint density at radius 2 is 0.470 bits per heavy atom. The fraction of sp³-hybridized carbons (Fsp3) is 0.545. The van der Waals surface area contributed by atoms with Gasteiger partial charge in [-0.2, -0.15) is 0 Å². The zero-order valence-corrected chi connectivity index (χ0v) is 52.9. The first-order valence-corrected chi connectivity index (χ1v) is 32.9. The molecule has 0 aliphatic rings. The van der Waals surface area contributed by atoms with Crippen LogP contribution in [0.5, 0.6) is 0 Å². The maximum Gasteiger partial charge on any atom is 0.306 e. The molecule has 1 unspecified atom stereocenters. The number of carbonyl (C=O) groups excluding carboxylic acids is 3. The van der Waals surface area contributed by atoms with Crippen molar-refractivity contribution in [2.45, 2.75) is 258 Å². The molecule has 0 aliphatic heterocycles. The Kier molecular flexibility index (Phi) is 64.0. The summed E-state index contributed by atoms with van der Waals surface area (Å²) in [6.07, 6.45) is 105. The summed E-state index contributed by atoms with van der Waals surface area (Å²) in [7, 11) is 0. The van der Waals surface area contributed by atoms with Crippen molar-refractivity contribution in [3.8, 4) is 0 Å². The van der Waals surface area contributed by atoms with E-state index in [2.05, 4.69) is 215 Å². The van der Waals surface area contributed by atoms with E-state index in [1.165, 1.54) is 25.7 Å². The Balaban J connectivity index is 4.31. The minimum Gasteiger partial charge on any atom is -0.462 e. The Labute approximate surface area is 509 Å². The summed E-state index contributed by atoms with van der Waals surface area (Å²) >= 11 is 0. The molecule has 0 N–H and O–H groups in total. The number of allylic oxidation sites excluding steroid dienone is 32. The van der Waals surface area contributed by atoms with Gasteiger partial charge in [-0.25, -0.2) is 0 Å². The molecule has 0 fully saturated rings. The highest BCUT2D eigenvalue weighted by molar-refractivity contribution is 5.71. The van der Waals surface area contributed by atoms with Crippen molar-refractivity contribution in [2.24, 2.45) is 0 Å². The van der Waals surface area contributed by atoms with E-state index in [-0.39, 0.29) is 37.5 Å². The lowest BCUT2D eigenvalue weighted by atomic mass is 10.1. The molecular formula is C77H118O6. The maximum atomic E-state index is 12.9. The predicted octanol–water partition coefficient (Wildman–Crippen LogP) is 23.0. The molecule has 0 heterocycles. The molecular weight excluding hydrogens is 1020 g/mol. The number of esters is 3. The second-order valence-corrected chi connectivity index (χ2v) is 20.9. The van der Waals surface area contributed by atoms with Crippen molar-refractivity contribution in [3.63, 3.8) is 0 Å². The Hall–Kier alpha value is -5.75. The van der Waals surface area contributed by atoms with Gasteiger partial charge in [0.15, 0.2) is 6.10 Å². The molecule has 462 valence electrons. The molecule has 1 atom stereocenters. The Morgan fingerprint density at radius 3 is 0.747 bits per heavy atom. The highest BCUT2D eigenvalue weighted by Crippen LogP contribution is 2.13. The summed E-state index contributed by atoms with van der Waals surface area (Å²) in [6.45, 7) is 6.31. The maximum absolute atomic E-state index is 12.9. The van der Waals surface area contributed by atoms with Crippen LogP contribution in [0, 0.1) is 0 Å². The number of unbranched alkanes of at least 4 members (excludes halogenated alkanes) is 14. The van der Waals surface area contributed by atoms with Gasteiger partial charge in [0, 0.05) is 19.3 Å². The molecule has 0 aromatic heterocycles. The summed E-state index contributed by atoms with van der Waals surface area (Å²) < 4.78 is 16.8. The fourth-order valence-electron chi connectivity index (χ4n) is 8.24. The number of rotatable bonds is 57. The fourth-order valence-corrected chi connectivity index (χ4v) is 8.24. The van der Waals surface area contributed by atoms with E-state index >= 15 is 0 Å². The third-order valence-electron chi connectivity index (χ3n) is 13.1. The van der Waals surface area contributed by atoms with E-state index in [4.69, 9.17) is 14.2 Å². The zero-order valence-electron chi connectivity index (χ0n) is 52.9. The van der Waals surface area contributed by atoms with E-state index in [1.54, 1.807) is 0 Å². The summed E-state index contributed by atoms with van der Waals surface area (Å²) in [5.74, 6) is -0.976. The van der Waals surface area contributed by atoms with Gasteiger partial charge in [-0.15, -0.1) is 0 Å². The van der Waals surface area contributed by atoms with Crippen molar-refractivity contribution in [1.29, 1.82) is 0 Å². The third kappa shape index (κ3) is 66.9. The molecule has 83 heavy (non-hydrogen) atoms. The van der Waals surface area contributed by atoms with Gasteiger partial charge in [0.25, 0.3) is 0 Å². The molecule has 0 spiro atoms. The third-order valence-corrected chi connectivity index (χ3v) is 13.1. The summed E-state index contributed by atoms with van der Waals surface area (Å²) in [5, 5.41) is 0. The monoisotopic (exact) mass is 1140 g/mol. The molecule has 0 aromatic rings. The molecule has 6 nitrogen and oxygen atoms in total. The smallest absolute Gasteiger partial charge is 0.306 e. The van der Waals surface area contributed by atoms with Crippen LogP contribution in [0.4, 0.5) is 0 Å². The van der Waals surface area contributed by atoms with Gasteiger partial charge < -0.3 is 14.2 Å². The van der Waals surface area contributed by atoms with Gasteiger partial charge in [-0.3, -0.25) is 14.4 Å². The van der Waals surface area contributed by atoms with Crippen LogP contribution in [-0.4, -0.2) is 37.2 Å². The highest BCUT2D eigenvalue weighted by Gasteiger charge is 2.19. The van der Waals surface area contributed by atoms with Gasteiger partial charge in [-0.1, -0.05) is 279 Å². The van der Waals surface area contributed by atoms with Crippen molar-refractivity contribution >= 4 is 17.9 Å². The number of hydrogen-bond acceptors (Lipinski definition) is 6. The average molecular weight is 1140 g/mol. The Morgan fingerprint density at radius 1 is 0.253 bits per heavy atom. The largest absolute Gasteiger partial charge is 0.462 e. The average Bonchev–Trinajstić information content (AvgIpc) is 3.50. The van der Waals surface area contributed by atoms with Crippen molar-refractivity contribution in [3.05, 3.63) is 194 Å². The minimum atomic E-state index is -0.812.